The Bertz CT molecular complexity index is 337. The number of nitrogens with zero attached hydrogens (tertiary/aromatic N) is 3. The van der Waals surface area contributed by atoms with Gasteiger partial charge in [-0.1, -0.05) is 0 Å². The number of nitriles is 1. The molecule has 68 valence electrons. The molecule has 0 amide bonds. The van der Waals surface area contributed by atoms with Gasteiger partial charge in [-0.2, -0.15) is 10.4 Å². The van der Waals surface area contributed by atoms with E-state index in [1.54, 1.807) is 6.07 Å². The summed E-state index contributed by atoms with van der Waals surface area (Å²) in [6, 6.07) is 1.77. The lowest BCUT2D eigenvalue weighted by Gasteiger charge is -1.93. The van der Waals surface area contributed by atoms with Crippen molar-refractivity contribution in [3.8, 4) is 6.07 Å². The lowest BCUT2D eigenvalue weighted by atomic mass is 10.2. The summed E-state index contributed by atoms with van der Waals surface area (Å²) in [5.41, 5.74) is 0.412. The smallest absolute Gasteiger partial charge is 0.180 e. The van der Waals surface area contributed by atoms with Crippen molar-refractivity contribution in [2.45, 2.75) is 13.0 Å². The van der Waals surface area contributed by atoms with Crippen molar-refractivity contribution in [1.29, 1.82) is 5.26 Å². The van der Waals surface area contributed by atoms with Gasteiger partial charge in [0, 0.05) is 6.20 Å². The van der Waals surface area contributed by atoms with Gasteiger partial charge in [0.15, 0.2) is 5.78 Å². The second kappa shape index (κ2) is 4.38. The first kappa shape index (κ1) is 9.42. The van der Waals surface area contributed by atoms with Crippen LogP contribution in [0.3, 0.4) is 0 Å². The maximum Gasteiger partial charge on any atom is 0.180 e. The summed E-state index contributed by atoms with van der Waals surface area (Å²) in [7, 11) is 0. The minimum atomic E-state index is -0.244. The van der Waals surface area contributed by atoms with Gasteiger partial charge in [0.1, 0.15) is 0 Å². The van der Waals surface area contributed by atoms with Crippen molar-refractivity contribution in [3.63, 3.8) is 0 Å². The Balaban J connectivity index is 2.69. The molecule has 0 aromatic carbocycles. The summed E-state index contributed by atoms with van der Waals surface area (Å²) in [5, 5.41) is 20.7. The summed E-state index contributed by atoms with van der Waals surface area (Å²) in [6.07, 6.45) is 2.79. The van der Waals surface area contributed by atoms with Gasteiger partial charge in [-0.3, -0.25) is 9.48 Å². The number of aliphatic hydroxyl groups excluding tert-OH is 1. The number of rotatable bonds is 4. The highest BCUT2D eigenvalue weighted by Gasteiger charge is 2.07. The van der Waals surface area contributed by atoms with E-state index in [0.29, 0.717) is 12.1 Å². The van der Waals surface area contributed by atoms with Crippen LogP contribution < -0.4 is 0 Å². The fourth-order valence-electron chi connectivity index (χ4n) is 0.906. The van der Waals surface area contributed by atoms with Crippen LogP contribution in [0.4, 0.5) is 0 Å². The van der Waals surface area contributed by atoms with Gasteiger partial charge in [-0.15, -0.1) is 0 Å². The highest BCUT2D eigenvalue weighted by atomic mass is 16.3. The van der Waals surface area contributed by atoms with Crippen LogP contribution >= 0.6 is 0 Å². The van der Waals surface area contributed by atoms with E-state index in [0.717, 1.165) is 0 Å². The van der Waals surface area contributed by atoms with Crippen molar-refractivity contribution in [2.24, 2.45) is 0 Å². The van der Waals surface area contributed by atoms with Gasteiger partial charge in [-0.05, 0) is 0 Å². The highest BCUT2D eigenvalue weighted by Crippen LogP contribution is 2.01. The van der Waals surface area contributed by atoms with E-state index in [9.17, 15) is 4.79 Å². The van der Waals surface area contributed by atoms with Crippen LogP contribution in [0.2, 0.25) is 0 Å². The Kier molecular flexibility index (Phi) is 3.17. The molecule has 13 heavy (non-hydrogen) atoms. The minimum absolute atomic E-state index is 0.0203. The summed E-state index contributed by atoms with van der Waals surface area (Å²) in [4.78, 5) is 11.1. The topological polar surface area (TPSA) is 78.9 Å². The molecule has 0 saturated heterocycles. The van der Waals surface area contributed by atoms with Crippen LogP contribution in [0, 0.1) is 11.3 Å². The Morgan fingerprint density at radius 1 is 1.77 bits per heavy atom. The molecule has 5 nitrogen and oxygen atoms in total. The lowest BCUT2D eigenvalue weighted by Crippen LogP contribution is -2.02. The molecule has 0 unspecified atom stereocenters. The molecular formula is C8H9N3O2. The van der Waals surface area contributed by atoms with Gasteiger partial charge < -0.3 is 5.11 Å². The second-order valence-electron chi connectivity index (χ2n) is 2.47. The minimum Gasteiger partial charge on any atom is -0.394 e. The van der Waals surface area contributed by atoms with E-state index in [1.807, 2.05) is 0 Å². The zero-order chi connectivity index (χ0) is 9.68. The average Bonchev–Trinajstić information content (AvgIpc) is 2.54. The molecule has 1 aromatic heterocycles. The predicted molar refractivity (Wildman–Crippen MR) is 43.9 cm³/mol. The summed E-state index contributed by atoms with van der Waals surface area (Å²) >= 11 is 0. The maximum atomic E-state index is 11.1. The number of aromatic nitrogens is 2. The van der Waals surface area contributed by atoms with Crippen molar-refractivity contribution in [1.82, 2.24) is 9.78 Å². The number of carbonyl (C=O) groups excluding carboxylic acids is 1. The number of hydrogen-bond donors (Lipinski definition) is 1. The largest absolute Gasteiger partial charge is 0.394 e. The van der Waals surface area contributed by atoms with Crippen LogP contribution in [0.25, 0.3) is 0 Å². The summed E-state index contributed by atoms with van der Waals surface area (Å²) in [6.45, 7) is 0.341. The monoisotopic (exact) mass is 179 g/mol. The Hall–Kier alpha value is -1.67. The van der Waals surface area contributed by atoms with Crippen molar-refractivity contribution >= 4 is 5.78 Å². The van der Waals surface area contributed by atoms with Crippen LogP contribution in [-0.2, 0) is 6.54 Å². The van der Waals surface area contributed by atoms with Gasteiger partial charge in [0.25, 0.3) is 0 Å². The molecule has 0 atom stereocenters. The quantitative estimate of drug-likeness (QED) is 0.658. The molecule has 0 aliphatic rings. The maximum absolute atomic E-state index is 11.1. The standard InChI is InChI=1S/C8H9N3O2/c9-2-1-8(13)7-5-10-11(6-7)3-4-12/h5-6,12H,1,3-4H2. The van der Waals surface area contributed by atoms with E-state index in [2.05, 4.69) is 5.10 Å². The second-order valence-corrected chi connectivity index (χ2v) is 2.47. The van der Waals surface area contributed by atoms with Crippen LogP contribution in [0.5, 0.6) is 0 Å². The zero-order valence-corrected chi connectivity index (χ0v) is 6.97. The summed E-state index contributed by atoms with van der Waals surface area (Å²) in [5.74, 6) is -0.244. The predicted octanol–water partition coefficient (Wildman–Crippen LogP) is -0.0282. The van der Waals surface area contributed by atoms with Crippen molar-refractivity contribution in [3.05, 3.63) is 18.0 Å². The number of hydrogen-bond acceptors (Lipinski definition) is 4. The van der Waals surface area contributed by atoms with Gasteiger partial charge >= 0.3 is 0 Å². The molecule has 0 radical (unpaired) electrons. The van der Waals surface area contributed by atoms with Gasteiger partial charge in [-0.25, -0.2) is 0 Å². The molecule has 1 rings (SSSR count). The van der Waals surface area contributed by atoms with E-state index in [-0.39, 0.29) is 18.8 Å². The molecule has 1 aromatic rings. The van der Waals surface area contributed by atoms with Gasteiger partial charge in [0.05, 0.1) is 37.4 Å². The number of carbonyl (C=O) groups is 1. The molecule has 0 aliphatic carbocycles. The number of ketones is 1. The van der Waals surface area contributed by atoms with Crippen molar-refractivity contribution in [2.75, 3.05) is 6.61 Å². The van der Waals surface area contributed by atoms with Gasteiger partial charge in [0.2, 0.25) is 0 Å². The SMILES string of the molecule is N#CCC(=O)c1cnn(CCO)c1. The van der Waals surface area contributed by atoms with Crippen LogP contribution in [-0.4, -0.2) is 27.3 Å². The first-order valence-corrected chi connectivity index (χ1v) is 3.81. The Morgan fingerprint density at radius 2 is 2.54 bits per heavy atom. The van der Waals surface area contributed by atoms with Crippen LogP contribution in [0.15, 0.2) is 12.4 Å². The molecule has 0 spiro atoms. The molecule has 0 saturated carbocycles. The van der Waals surface area contributed by atoms with Crippen molar-refractivity contribution < 1.29 is 9.90 Å². The molecule has 0 bridgehead atoms. The van der Waals surface area contributed by atoms with E-state index < -0.39 is 0 Å². The van der Waals surface area contributed by atoms with E-state index in [1.165, 1.54) is 17.1 Å². The molecule has 5 heteroatoms. The third-order valence-corrected chi connectivity index (χ3v) is 1.52. The third kappa shape index (κ3) is 2.39. The lowest BCUT2D eigenvalue weighted by molar-refractivity contribution is 0.0997. The fraction of sp³-hybridized carbons (Fsp3) is 0.375. The fourth-order valence-corrected chi connectivity index (χ4v) is 0.906. The highest BCUT2D eigenvalue weighted by molar-refractivity contribution is 5.96. The normalized spacial score (nSPS) is 9.54. The van der Waals surface area contributed by atoms with Crippen LogP contribution in [0.1, 0.15) is 16.8 Å². The summed E-state index contributed by atoms with van der Waals surface area (Å²) < 4.78 is 1.46. The number of aliphatic hydroxyl groups is 1. The average molecular weight is 179 g/mol. The molecular weight excluding hydrogens is 170 g/mol. The first-order valence-electron chi connectivity index (χ1n) is 3.81. The molecule has 1 N–H and O–H groups in total. The van der Waals surface area contributed by atoms with E-state index >= 15 is 0 Å². The van der Waals surface area contributed by atoms with E-state index in [4.69, 9.17) is 10.4 Å². The first-order chi connectivity index (χ1) is 6.27. The Labute approximate surface area is 75.2 Å². The third-order valence-electron chi connectivity index (χ3n) is 1.52. The zero-order valence-electron chi connectivity index (χ0n) is 6.97. The number of Topliss-reactive ketones (excluding diaryl/α,β-unsaturated/α-hetero) is 1. The molecule has 0 aliphatic heterocycles. The molecule has 1 heterocycles. The molecule has 0 fully saturated rings. The Morgan fingerprint density at radius 3 is 3.15 bits per heavy atom.